The number of benzene rings is 1. The molecule has 0 spiro atoms. The van der Waals surface area contributed by atoms with Crippen molar-refractivity contribution in [2.75, 3.05) is 0 Å². The van der Waals surface area contributed by atoms with Gasteiger partial charge in [0, 0.05) is 11.6 Å². The van der Waals surface area contributed by atoms with E-state index in [4.69, 9.17) is 4.52 Å². The second-order valence-corrected chi connectivity index (χ2v) is 5.38. The number of fused-ring (bicyclic) bond motifs is 1. The van der Waals surface area contributed by atoms with Crippen LogP contribution in [0.5, 0.6) is 0 Å². The van der Waals surface area contributed by atoms with Crippen LogP contribution < -0.4 is 5.69 Å². The van der Waals surface area contributed by atoms with Gasteiger partial charge in [-0.05, 0) is 28.1 Å². The first-order valence-corrected chi connectivity index (χ1v) is 7.08. The maximum absolute atomic E-state index is 11.3. The molecule has 0 saturated carbocycles. The molecule has 0 aliphatic carbocycles. The molecule has 3 aromatic heterocycles. The molecule has 0 fully saturated rings. The lowest BCUT2D eigenvalue weighted by molar-refractivity contribution is 0.433. The molecule has 3 heterocycles. The Labute approximate surface area is 131 Å². The molecule has 107 valence electrons. The molecule has 1 aromatic carbocycles. The summed E-state index contributed by atoms with van der Waals surface area (Å²) in [6.07, 6.45) is 4.28. The summed E-state index contributed by atoms with van der Waals surface area (Å²) >= 11 is 3.25. The van der Waals surface area contributed by atoms with Gasteiger partial charge in [0.1, 0.15) is 22.2 Å². The van der Waals surface area contributed by atoms with Crippen molar-refractivity contribution in [1.82, 2.24) is 25.1 Å². The SMILES string of the molecule is O=c1[nH]c2ccc(-c3cc(-c4[c]ncc(Br)n4)on3)cc2[nH]1. The number of rotatable bonds is 2. The number of nitrogens with one attached hydrogen (secondary N) is 2. The van der Waals surface area contributed by atoms with Crippen molar-refractivity contribution in [3.8, 4) is 22.7 Å². The summed E-state index contributed by atoms with van der Waals surface area (Å²) in [5, 5.41) is 4.03. The Hall–Kier alpha value is -2.74. The lowest BCUT2D eigenvalue weighted by Gasteiger charge is -1.95. The fourth-order valence-corrected chi connectivity index (χ4v) is 2.41. The van der Waals surface area contributed by atoms with E-state index >= 15 is 0 Å². The van der Waals surface area contributed by atoms with Crippen LogP contribution in [0.25, 0.3) is 33.7 Å². The summed E-state index contributed by atoms with van der Waals surface area (Å²) in [5.41, 5.74) is 3.12. The van der Waals surface area contributed by atoms with Crippen LogP contribution in [0.2, 0.25) is 0 Å². The zero-order chi connectivity index (χ0) is 15.1. The maximum Gasteiger partial charge on any atom is 0.323 e. The van der Waals surface area contributed by atoms with E-state index in [1.807, 2.05) is 18.2 Å². The van der Waals surface area contributed by atoms with Crippen molar-refractivity contribution in [3.63, 3.8) is 0 Å². The Bertz CT molecular complexity index is 1030. The van der Waals surface area contributed by atoms with Crippen molar-refractivity contribution >= 4 is 27.0 Å². The van der Waals surface area contributed by atoms with E-state index in [0.717, 1.165) is 11.1 Å². The van der Waals surface area contributed by atoms with E-state index in [9.17, 15) is 4.79 Å². The van der Waals surface area contributed by atoms with Crippen LogP contribution >= 0.6 is 15.9 Å². The van der Waals surface area contributed by atoms with Crippen LogP contribution in [-0.2, 0) is 0 Å². The molecule has 0 atom stereocenters. The number of imidazole rings is 1. The fourth-order valence-electron chi connectivity index (χ4n) is 2.13. The number of aromatic nitrogens is 5. The topological polar surface area (TPSA) is 100 Å². The summed E-state index contributed by atoms with van der Waals surface area (Å²) in [6.45, 7) is 0. The van der Waals surface area contributed by atoms with Crippen LogP contribution in [0.1, 0.15) is 0 Å². The van der Waals surface area contributed by atoms with Crippen LogP contribution in [-0.4, -0.2) is 25.1 Å². The van der Waals surface area contributed by atoms with Crippen LogP contribution in [0.3, 0.4) is 0 Å². The van der Waals surface area contributed by atoms with Gasteiger partial charge in [0.05, 0.1) is 17.2 Å². The van der Waals surface area contributed by atoms with Crippen molar-refractivity contribution in [3.05, 3.63) is 51.7 Å². The van der Waals surface area contributed by atoms with E-state index in [0.29, 0.717) is 27.3 Å². The molecule has 0 unspecified atom stereocenters. The predicted octanol–water partition coefficient (Wildman–Crippen LogP) is 2.53. The standard InChI is InChI=1S/C14H7BrN5O2/c15-13-6-16-5-11(17-13)12-4-9(20-22-12)7-1-2-8-10(3-7)19-14(21)18-8/h1-4,6H,(H2,18,19,21). The molecule has 0 aliphatic rings. The first kappa shape index (κ1) is 13.0. The summed E-state index contributed by atoms with van der Waals surface area (Å²) < 4.78 is 5.88. The molecule has 4 aromatic rings. The Morgan fingerprint density at radius 2 is 2.05 bits per heavy atom. The van der Waals surface area contributed by atoms with E-state index in [-0.39, 0.29) is 5.69 Å². The van der Waals surface area contributed by atoms with Gasteiger partial charge >= 0.3 is 5.69 Å². The molecule has 0 saturated heterocycles. The molecule has 0 bridgehead atoms. The molecular weight excluding hydrogens is 350 g/mol. The van der Waals surface area contributed by atoms with Crippen molar-refractivity contribution in [2.45, 2.75) is 0 Å². The summed E-state index contributed by atoms with van der Waals surface area (Å²) in [4.78, 5) is 24.8. The minimum absolute atomic E-state index is 0.244. The van der Waals surface area contributed by atoms with E-state index in [2.05, 4.69) is 47.2 Å². The Kier molecular flexibility index (Phi) is 2.90. The molecule has 8 heteroatoms. The summed E-state index contributed by atoms with van der Waals surface area (Å²) in [6, 6.07) is 7.23. The first-order chi connectivity index (χ1) is 10.7. The first-order valence-electron chi connectivity index (χ1n) is 6.29. The van der Waals surface area contributed by atoms with Crippen molar-refractivity contribution in [1.29, 1.82) is 0 Å². The third kappa shape index (κ3) is 2.23. The highest BCUT2D eigenvalue weighted by atomic mass is 79.9. The van der Waals surface area contributed by atoms with Gasteiger partial charge < -0.3 is 14.5 Å². The number of nitrogens with zero attached hydrogens (tertiary/aromatic N) is 3. The molecule has 7 nitrogen and oxygen atoms in total. The summed E-state index contributed by atoms with van der Waals surface area (Å²) in [5.74, 6) is 0.464. The third-order valence-electron chi connectivity index (χ3n) is 3.12. The number of halogens is 1. The highest BCUT2D eigenvalue weighted by Crippen LogP contribution is 2.26. The largest absolute Gasteiger partial charge is 0.354 e. The minimum atomic E-state index is -0.244. The van der Waals surface area contributed by atoms with E-state index in [1.54, 1.807) is 6.07 Å². The highest BCUT2D eigenvalue weighted by molar-refractivity contribution is 9.10. The molecule has 0 amide bonds. The second kappa shape index (κ2) is 4.92. The third-order valence-corrected chi connectivity index (χ3v) is 3.50. The minimum Gasteiger partial charge on any atom is -0.354 e. The average Bonchev–Trinajstić information content (AvgIpc) is 3.11. The van der Waals surface area contributed by atoms with Crippen LogP contribution in [0.4, 0.5) is 0 Å². The van der Waals surface area contributed by atoms with Gasteiger partial charge in [-0.2, -0.15) is 0 Å². The molecule has 4 rings (SSSR count). The lowest BCUT2D eigenvalue weighted by Crippen LogP contribution is -1.99. The van der Waals surface area contributed by atoms with Gasteiger partial charge in [0.15, 0.2) is 5.76 Å². The monoisotopic (exact) mass is 356 g/mol. The molecule has 0 aliphatic heterocycles. The van der Waals surface area contributed by atoms with Gasteiger partial charge in [-0.25, -0.2) is 14.8 Å². The van der Waals surface area contributed by atoms with Crippen molar-refractivity contribution in [2.24, 2.45) is 0 Å². The second-order valence-electron chi connectivity index (χ2n) is 4.57. The molecule has 1 radical (unpaired) electrons. The van der Waals surface area contributed by atoms with E-state index < -0.39 is 0 Å². The lowest BCUT2D eigenvalue weighted by atomic mass is 10.1. The number of H-pyrrole nitrogens is 2. The molecule has 22 heavy (non-hydrogen) atoms. The van der Waals surface area contributed by atoms with Gasteiger partial charge in [0.25, 0.3) is 0 Å². The maximum atomic E-state index is 11.3. The van der Waals surface area contributed by atoms with Gasteiger partial charge in [-0.3, -0.25) is 0 Å². The Morgan fingerprint density at radius 1 is 1.18 bits per heavy atom. The van der Waals surface area contributed by atoms with E-state index in [1.165, 1.54) is 6.20 Å². The van der Waals surface area contributed by atoms with Crippen molar-refractivity contribution < 1.29 is 4.52 Å². The van der Waals surface area contributed by atoms with Crippen LogP contribution in [0.15, 0.2) is 44.4 Å². The zero-order valence-electron chi connectivity index (χ0n) is 10.9. The molecule has 2 N–H and O–H groups in total. The quantitative estimate of drug-likeness (QED) is 0.574. The van der Waals surface area contributed by atoms with Gasteiger partial charge in [-0.15, -0.1) is 0 Å². The fraction of sp³-hybridized carbons (Fsp3) is 0. The number of hydrogen-bond acceptors (Lipinski definition) is 5. The summed E-state index contributed by atoms with van der Waals surface area (Å²) in [7, 11) is 0. The predicted molar refractivity (Wildman–Crippen MR) is 82.0 cm³/mol. The normalized spacial score (nSPS) is 11.1. The number of aromatic amines is 2. The number of hydrogen-bond donors (Lipinski definition) is 2. The Balaban J connectivity index is 1.77. The van der Waals surface area contributed by atoms with Gasteiger partial charge in [0.2, 0.25) is 0 Å². The smallest absolute Gasteiger partial charge is 0.323 e. The highest BCUT2D eigenvalue weighted by Gasteiger charge is 2.12. The van der Waals surface area contributed by atoms with Crippen LogP contribution in [0, 0.1) is 6.20 Å². The Morgan fingerprint density at radius 3 is 2.91 bits per heavy atom. The molecular formula is C14H7BrN5O2. The average molecular weight is 357 g/mol. The zero-order valence-corrected chi connectivity index (χ0v) is 12.5. The van der Waals surface area contributed by atoms with Gasteiger partial charge in [-0.1, -0.05) is 11.2 Å².